The summed E-state index contributed by atoms with van der Waals surface area (Å²) >= 11 is 6.06. The molecule has 1 amide bonds. The van der Waals surface area contributed by atoms with Crippen LogP contribution in [0.4, 0.5) is 5.82 Å². The number of aromatic nitrogens is 1. The second-order valence-corrected chi connectivity index (χ2v) is 6.47. The number of amides is 1. The molecule has 0 spiro atoms. The molecule has 2 rings (SSSR count). The Hall–Kier alpha value is -1.33. The van der Waals surface area contributed by atoms with Crippen LogP contribution in [0.3, 0.4) is 0 Å². The molecule has 23 heavy (non-hydrogen) atoms. The van der Waals surface area contributed by atoms with Crippen LogP contribution in [-0.4, -0.2) is 41.7 Å². The lowest BCUT2D eigenvalue weighted by Gasteiger charge is -2.21. The van der Waals surface area contributed by atoms with Crippen molar-refractivity contribution in [3.63, 3.8) is 0 Å². The van der Waals surface area contributed by atoms with Crippen LogP contribution in [0, 0.1) is 5.92 Å². The van der Waals surface area contributed by atoms with E-state index in [1.165, 1.54) is 0 Å². The Morgan fingerprint density at radius 3 is 2.61 bits per heavy atom. The van der Waals surface area contributed by atoms with E-state index in [9.17, 15) is 9.90 Å². The molecule has 5 nitrogen and oxygen atoms in total. The molecule has 2 heterocycles. The molecule has 0 saturated carbocycles. The van der Waals surface area contributed by atoms with Gasteiger partial charge in [0.1, 0.15) is 11.0 Å². The number of aliphatic hydroxyl groups is 1. The zero-order valence-corrected chi connectivity index (χ0v) is 14.6. The van der Waals surface area contributed by atoms with Gasteiger partial charge in [-0.2, -0.15) is 0 Å². The van der Waals surface area contributed by atoms with Gasteiger partial charge in [0.25, 0.3) is 5.91 Å². The maximum Gasteiger partial charge on any atom is 0.251 e. The summed E-state index contributed by atoms with van der Waals surface area (Å²) in [6.07, 6.45) is 3.54. The van der Waals surface area contributed by atoms with Crippen molar-refractivity contribution < 1.29 is 9.90 Å². The van der Waals surface area contributed by atoms with Crippen molar-refractivity contribution in [3.05, 3.63) is 22.8 Å². The first-order chi connectivity index (χ1) is 11.0. The number of hydrogen-bond donors (Lipinski definition) is 2. The van der Waals surface area contributed by atoms with Gasteiger partial charge in [-0.1, -0.05) is 38.3 Å². The van der Waals surface area contributed by atoms with Gasteiger partial charge in [0.2, 0.25) is 0 Å². The van der Waals surface area contributed by atoms with E-state index in [1.807, 2.05) is 13.8 Å². The Bertz CT molecular complexity index is 529. The summed E-state index contributed by atoms with van der Waals surface area (Å²) in [5, 5.41) is 13.2. The molecule has 128 valence electrons. The number of nitrogens with one attached hydrogen (secondary N) is 1. The maximum absolute atomic E-state index is 12.3. The van der Waals surface area contributed by atoms with Gasteiger partial charge in [-0.25, -0.2) is 4.98 Å². The van der Waals surface area contributed by atoms with Crippen LogP contribution in [0.25, 0.3) is 0 Å². The molecule has 2 N–H and O–H groups in total. The van der Waals surface area contributed by atoms with Crippen molar-refractivity contribution in [1.82, 2.24) is 10.3 Å². The van der Waals surface area contributed by atoms with Crippen molar-refractivity contribution in [2.75, 3.05) is 24.5 Å². The smallest absolute Gasteiger partial charge is 0.251 e. The lowest BCUT2D eigenvalue weighted by Crippen LogP contribution is -2.36. The third kappa shape index (κ3) is 4.82. The number of halogens is 1. The third-order valence-electron chi connectivity index (χ3n) is 4.54. The second kappa shape index (κ2) is 8.50. The Labute approximate surface area is 143 Å². The van der Waals surface area contributed by atoms with Crippen molar-refractivity contribution in [3.8, 4) is 0 Å². The zero-order valence-electron chi connectivity index (χ0n) is 13.9. The number of nitrogens with zero attached hydrogens (tertiary/aromatic N) is 2. The minimum atomic E-state index is -0.524. The predicted molar refractivity (Wildman–Crippen MR) is 93.1 cm³/mol. The normalized spacial score (nSPS) is 16.0. The van der Waals surface area contributed by atoms with Crippen LogP contribution >= 0.6 is 11.6 Å². The average molecular weight is 340 g/mol. The number of carbonyl (C=O) groups is 1. The molecule has 1 saturated heterocycles. The molecule has 0 radical (unpaired) electrons. The van der Waals surface area contributed by atoms with Gasteiger partial charge in [-0.15, -0.1) is 0 Å². The molecule has 1 aromatic rings. The summed E-state index contributed by atoms with van der Waals surface area (Å²) in [6.45, 7) is 6.24. The standard InChI is InChI=1S/C17H26ClN3O2/c1-3-12(4-2)14(22)11-19-17(23)13-9-15(18)20-16(10-13)21-7-5-6-8-21/h9-10,12,14,22H,3-8,11H2,1-2H3,(H,19,23). The summed E-state index contributed by atoms with van der Waals surface area (Å²) in [5.41, 5.74) is 0.489. The minimum absolute atomic E-state index is 0.205. The highest BCUT2D eigenvalue weighted by Crippen LogP contribution is 2.22. The summed E-state index contributed by atoms with van der Waals surface area (Å²) in [4.78, 5) is 18.8. The van der Waals surface area contributed by atoms with Crippen LogP contribution in [0.1, 0.15) is 49.9 Å². The van der Waals surface area contributed by atoms with Gasteiger partial charge in [0.05, 0.1) is 6.10 Å². The number of rotatable bonds is 7. The molecular formula is C17H26ClN3O2. The Kier molecular flexibility index (Phi) is 6.66. The fraction of sp³-hybridized carbons (Fsp3) is 0.647. The van der Waals surface area contributed by atoms with E-state index < -0.39 is 6.10 Å². The molecule has 0 aliphatic carbocycles. The van der Waals surface area contributed by atoms with E-state index in [0.29, 0.717) is 10.7 Å². The van der Waals surface area contributed by atoms with E-state index in [-0.39, 0.29) is 18.4 Å². The summed E-state index contributed by atoms with van der Waals surface area (Å²) in [5.74, 6) is 0.733. The number of aliphatic hydroxyl groups excluding tert-OH is 1. The van der Waals surface area contributed by atoms with E-state index >= 15 is 0 Å². The van der Waals surface area contributed by atoms with Crippen LogP contribution in [0.2, 0.25) is 5.15 Å². The van der Waals surface area contributed by atoms with Gasteiger partial charge in [-0.3, -0.25) is 4.79 Å². The number of pyridine rings is 1. The van der Waals surface area contributed by atoms with Gasteiger partial charge in [-0.05, 0) is 30.9 Å². The Balaban J connectivity index is 2.01. The Morgan fingerprint density at radius 1 is 1.35 bits per heavy atom. The van der Waals surface area contributed by atoms with Crippen LogP contribution in [0.5, 0.6) is 0 Å². The van der Waals surface area contributed by atoms with E-state index in [4.69, 9.17) is 11.6 Å². The first-order valence-electron chi connectivity index (χ1n) is 8.44. The highest BCUT2D eigenvalue weighted by atomic mass is 35.5. The summed E-state index contributed by atoms with van der Waals surface area (Å²) in [7, 11) is 0. The first kappa shape index (κ1) is 18.0. The fourth-order valence-corrected chi connectivity index (χ4v) is 3.23. The lowest BCUT2D eigenvalue weighted by molar-refractivity contribution is 0.0816. The largest absolute Gasteiger partial charge is 0.391 e. The number of hydrogen-bond acceptors (Lipinski definition) is 4. The molecule has 1 aromatic heterocycles. The molecule has 1 fully saturated rings. The molecule has 1 atom stereocenters. The van der Waals surface area contributed by atoms with Crippen molar-refractivity contribution in [1.29, 1.82) is 0 Å². The molecule has 1 aliphatic rings. The first-order valence-corrected chi connectivity index (χ1v) is 8.81. The molecule has 1 unspecified atom stereocenters. The SMILES string of the molecule is CCC(CC)C(O)CNC(=O)c1cc(Cl)nc(N2CCCC2)c1. The van der Waals surface area contributed by atoms with Crippen molar-refractivity contribution in [2.45, 2.75) is 45.6 Å². The molecule has 6 heteroatoms. The van der Waals surface area contributed by atoms with Gasteiger partial charge in [0, 0.05) is 25.2 Å². The minimum Gasteiger partial charge on any atom is -0.391 e. The highest BCUT2D eigenvalue weighted by molar-refractivity contribution is 6.29. The number of carbonyl (C=O) groups excluding carboxylic acids is 1. The average Bonchev–Trinajstić information content (AvgIpc) is 3.07. The maximum atomic E-state index is 12.3. The molecule has 0 aromatic carbocycles. The van der Waals surface area contributed by atoms with Gasteiger partial charge in [0.15, 0.2) is 0 Å². The van der Waals surface area contributed by atoms with Gasteiger partial charge >= 0.3 is 0 Å². The fourth-order valence-electron chi connectivity index (χ4n) is 3.02. The monoisotopic (exact) mass is 339 g/mol. The number of anilines is 1. The molecule has 1 aliphatic heterocycles. The van der Waals surface area contributed by atoms with E-state index in [0.717, 1.165) is 44.6 Å². The van der Waals surface area contributed by atoms with Crippen molar-refractivity contribution in [2.24, 2.45) is 5.92 Å². The van der Waals surface area contributed by atoms with Crippen LogP contribution in [-0.2, 0) is 0 Å². The second-order valence-electron chi connectivity index (χ2n) is 6.08. The Morgan fingerprint density at radius 2 is 2.00 bits per heavy atom. The lowest BCUT2D eigenvalue weighted by atomic mass is 9.96. The quantitative estimate of drug-likeness (QED) is 0.750. The van der Waals surface area contributed by atoms with E-state index in [2.05, 4.69) is 15.2 Å². The van der Waals surface area contributed by atoms with Gasteiger partial charge < -0.3 is 15.3 Å². The summed E-state index contributed by atoms with van der Waals surface area (Å²) < 4.78 is 0. The molecular weight excluding hydrogens is 314 g/mol. The van der Waals surface area contributed by atoms with Crippen LogP contribution in [0.15, 0.2) is 12.1 Å². The van der Waals surface area contributed by atoms with E-state index in [1.54, 1.807) is 12.1 Å². The molecule has 0 bridgehead atoms. The van der Waals surface area contributed by atoms with Crippen LogP contribution < -0.4 is 10.2 Å². The third-order valence-corrected chi connectivity index (χ3v) is 4.73. The van der Waals surface area contributed by atoms with Crippen molar-refractivity contribution >= 4 is 23.3 Å². The topological polar surface area (TPSA) is 65.5 Å². The predicted octanol–water partition coefficient (Wildman–Crippen LogP) is 2.86. The zero-order chi connectivity index (χ0) is 16.8. The summed E-state index contributed by atoms with van der Waals surface area (Å²) in [6, 6.07) is 3.34. The highest BCUT2D eigenvalue weighted by Gasteiger charge is 2.19.